The van der Waals surface area contributed by atoms with E-state index in [-0.39, 0.29) is 0 Å². The minimum absolute atomic E-state index is 0.551. The van der Waals surface area contributed by atoms with Crippen molar-refractivity contribution in [3.05, 3.63) is 75.1 Å². The molecule has 3 nitrogen and oxygen atoms in total. The van der Waals surface area contributed by atoms with Gasteiger partial charge in [-0.1, -0.05) is 70.9 Å². The van der Waals surface area contributed by atoms with Gasteiger partial charge in [0.2, 0.25) is 5.89 Å². The van der Waals surface area contributed by atoms with Crippen LogP contribution in [0.3, 0.4) is 0 Å². The van der Waals surface area contributed by atoms with E-state index in [4.69, 9.17) is 27.6 Å². The smallest absolute Gasteiger partial charge is 0.276 e. The standard InChI is InChI=1S/C17H14Cl2N2OS/c1-11-2-4-12(5-3-11)9-16-20-21-17(22-16)23-10-13-6-7-14(18)15(19)8-13/h2-8H,9-10H2,1H3. The highest BCUT2D eigenvalue weighted by atomic mass is 35.5. The summed E-state index contributed by atoms with van der Waals surface area (Å²) < 4.78 is 5.68. The minimum Gasteiger partial charge on any atom is -0.416 e. The zero-order valence-electron chi connectivity index (χ0n) is 12.4. The van der Waals surface area contributed by atoms with Crippen LogP contribution in [-0.4, -0.2) is 10.2 Å². The Bertz CT molecular complexity index is 803. The zero-order valence-corrected chi connectivity index (χ0v) is 14.8. The summed E-state index contributed by atoms with van der Waals surface area (Å²) in [6.45, 7) is 2.06. The largest absolute Gasteiger partial charge is 0.416 e. The van der Waals surface area contributed by atoms with Crippen molar-refractivity contribution in [1.29, 1.82) is 0 Å². The summed E-state index contributed by atoms with van der Waals surface area (Å²) in [7, 11) is 0. The predicted octanol–water partition coefficient (Wildman–Crippen LogP) is 5.57. The van der Waals surface area contributed by atoms with Gasteiger partial charge in [0.1, 0.15) is 0 Å². The lowest BCUT2D eigenvalue weighted by Gasteiger charge is -2.01. The number of aryl methyl sites for hydroxylation is 1. The second-order valence-electron chi connectivity index (χ2n) is 5.16. The molecule has 0 radical (unpaired) electrons. The van der Waals surface area contributed by atoms with Crippen LogP contribution in [0.25, 0.3) is 0 Å². The Balaban J connectivity index is 1.60. The molecule has 2 aromatic carbocycles. The van der Waals surface area contributed by atoms with Crippen molar-refractivity contribution < 1.29 is 4.42 Å². The molecule has 6 heteroatoms. The molecule has 0 aliphatic heterocycles. The Morgan fingerprint density at radius 2 is 1.70 bits per heavy atom. The Morgan fingerprint density at radius 1 is 0.957 bits per heavy atom. The van der Waals surface area contributed by atoms with Gasteiger partial charge in [-0.25, -0.2) is 0 Å². The molecule has 0 saturated carbocycles. The summed E-state index contributed by atoms with van der Waals surface area (Å²) in [5, 5.41) is 9.82. The molecule has 0 N–H and O–H groups in total. The maximum Gasteiger partial charge on any atom is 0.276 e. The number of nitrogens with zero attached hydrogens (tertiary/aromatic N) is 2. The normalized spacial score (nSPS) is 10.9. The molecule has 3 aromatic rings. The average Bonchev–Trinajstić information content (AvgIpc) is 2.98. The van der Waals surface area contributed by atoms with Crippen LogP contribution in [0.5, 0.6) is 0 Å². The van der Waals surface area contributed by atoms with Gasteiger partial charge in [0.05, 0.1) is 16.5 Å². The van der Waals surface area contributed by atoms with Crippen LogP contribution in [0.4, 0.5) is 0 Å². The molecule has 0 aliphatic carbocycles. The number of aromatic nitrogens is 2. The first-order chi connectivity index (χ1) is 11.1. The van der Waals surface area contributed by atoms with Crippen molar-refractivity contribution in [2.24, 2.45) is 0 Å². The molecule has 0 saturated heterocycles. The summed E-state index contributed by atoms with van der Waals surface area (Å²) in [5.74, 6) is 1.31. The molecular weight excluding hydrogens is 351 g/mol. The average molecular weight is 365 g/mol. The van der Waals surface area contributed by atoms with Crippen LogP contribution < -0.4 is 0 Å². The van der Waals surface area contributed by atoms with E-state index in [1.165, 1.54) is 17.3 Å². The Labute approximate surface area is 149 Å². The van der Waals surface area contributed by atoms with Crippen molar-refractivity contribution in [2.45, 2.75) is 24.3 Å². The minimum atomic E-state index is 0.551. The third-order valence-electron chi connectivity index (χ3n) is 3.27. The van der Waals surface area contributed by atoms with Crippen LogP contribution in [0.1, 0.15) is 22.6 Å². The number of hydrogen-bond donors (Lipinski definition) is 0. The van der Waals surface area contributed by atoms with Crippen molar-refractivity contribution >= 4 is 35.0 Å². The van der Waals surface area contributed by atoms with E-state index < -0.39 is 0 Å². The summed E-state index contributed by atoms with van der Waals surface area (Å²) in [6.07, 6.45) is 0.639. The lowest BCUT2D eigenvalue weighted by atomic mass is 10.1. The van der Waals surface area contributed by atoms with Crippen LogP contribution in [0.15, 0.2) is 52.1 Å². The lowest BCUT2D eigenvalue weighted by molar-refractivity contribution is 0.420. The highest BCUT2D eigenvalue weighted by Gasteiger charge is 2.08. The molecule has 118 valence electrons. The monoisotopic (exact) mass is 364 g/mol. The number of rotatable bonds is 5. The van der Waals surface area contributed by atoms with Crippen molar-refractivity contribution in [3.63, 3.8) is 0 Å². The van der Waals surface area contributed by atoms with Gasteiger partial charge in [0.25, 0.3) is 5.22 Å². The fraction of sp³-hybridized carbons (Fsp3) is 0.176. The van der Waals surface area contributed by atoms with E-state index in [0.717, 1.165) is 11.1 Å². The summed E-state index contributed by atoms with van der Waals surface area (Å²) in [4.78, 5) is 0. The van der Waals surface area contributed by atoms with Crippen LogP contribution in [0, 0.1) is 6.92 Å². The number of halogens is 2. The Kier molecular flexibility index (Phi) is 5.26. The number of thioether (sulfide) groups is 1. The van der Waals surface area contributed by atoms with Crippen molar-refractivity contribution in [1.82, 2.24) is 10.2 Å². The molecule has 0 atom stereocenters. The Morgan fingerprint density at radius 3 is 2.43 bits per heavy atom. The van der Waals surface area contributed by atoms with Gasteiger partial charge < -0.3 is 4.42 Å². The summed E-state index contributed by atoms with van der Waals surface area (Å²) in [6, 6.07) is 13.9. The van der Waals surface area contributed by atoms with Gasteiger partial charge in [-0.15, -0.1) is 10.2 Å². The second-order valence-corrected chi connectivity index (χ2v) is 6.90. The molecule has 3 rings (SSSR count). The maximum atomic E-state index is 6.01. The van der Waals surface area contributed by atoms with Gasteiger partial charge in [-0.2, -0.15) is 0 Å². The first-order valence-corrected chi connectivity index (χ1v) is 8.79. The van der Waals surface area contributed by atoms with Gasteiger partial charge >= 0.3 is 0 Å². The molecule has 0 fully saturated rings. The van der Waals surface area contributed by atoms with Gasteiger partial charge in [0, 0.05) is 5.75 Å². The fourth-order valence-electron chi connectivity index (χ4n) is 2.02. The number of benzene rings is 2. The van der Waals surface area contributed by atoms with Gasteiger partial charge in [0.15, 0.2) is 0 Å². The molecule has 0 aliphatic rings. The van der Waals surface area contributed by atoms with Crippen molar-refractivity contribution in [3.8, 4) is 0 Å². The SMILES string of the molecule is Cc1ccc(Cc2nnc(SCc3ccc(Cl)c(Cl)c3)o2)cc1. The molecule has 1 aromatic heterocycles. The molecule has 0 amide bonds. The first kappa shape index (κ1) is 16.4. The quantitative estimate of drug-likeness (QED) is 0.554. The molecule has 0 bridgehead atoms. The van der Waals surface area contributed by atoms with E-state index >= 15 is 0 Å². The highest BCUT2D eigenvalue weighted by Crippen LogP contribution is 2.27. The van der Waals surface area contributed by atoms with E-state index in [0.29, 0.717) is 33.3 Å². The van der Waals surface area contributed by atoms with Crippen molar-refractivity contribution in [2.75, 3.05) is 0 Å². The second kappa shape index (κ2) is 7.39. The topological polar surface area (TPSA) is 38.9 Å². The highest BCUT2D eigenvalue weighted by molar-refractivity contribution is 7.98. The maximum absolute atomic E-state index is 6.01. The molecule has 23 heavy (non-hydrogen) atoms. The predicted molar refractivity (Wildman–Crippen MR) is 94.3 cm³/mol. The Hall–Kier alpha value is -1.49. The molecule has 0 spiro atoms. The lowest BCUT2D eigenvalue weighted by Crippen LogP contribution is -1.88. The molecule has 0 unspecified atom stereocenters. The summed E-state index contributed by atoms with van der Waals surface area (Å²) >= 11 is 13.4. The van der Waals surface area contributed by atoms with Crippen LogP contribution in [-0.2, 0) is 12.2 Å². The molecule has 1 heterocycles. The van der Waals surface area contributed by atoms with Gasteiger partial charge in [-0.3, -0.25) is 0 Å². The number of hydrogen-bond acceptors (Lipinski definition) is 4. The van der Waals surface area contributed by atoms with E-state index in [9.17, 15) is 0 Å². The molecular formula is C17H14Cl2N2OS. The van der Waals surface area contributed by atoms with E-state index in [1.54, 1.807) is 6.07 Å². The van der Waals surface area contributed by atoms with Crippen LogP contribution in [0.2, 0.25) is 10.0 Å². The summed E-state index contributed by atoms with van der Waals surface area (Å²) in [5.41, 5.74) is 3.44. The van der Waals surface area contributed by atoms with Crippen LogP contribution >= 0.6 is 35.0 Å². The third-order valence-corrected chi connectivity index (χ3v) is 4.90. The third kappa shape index (κ3) is 4.50. The van der Waals surface area contributed by atoms with E-state index in [1.807, 2.05) is 12.1 Å². The zero-order chi connectivity index (χ0) is 16.2. The van der Waals surface area contributed by atoms with Gasteiger partial charge in [-0.05, 0) is 30.2 Å². The first-order valence-electron chi connectivity index (χ1n) is 7.05. The van der Waals surface area contributed by atoms with E-state index in [2.05, 4.69) is 41.4 Å². The fourth-order valence-corrected chi connectivity index (χ4v) is 3.07.